The maximum Gasteiger partial charge on any atom is 0.254 e. The summed E-state index contributed by atoms with van der Waals surface area (Å²) in [5.41, 5.74) is 3.35. The molecule has 0 bridgehead atoms. The van der Waals surface area contributed by atoms with Crippen LogP contribution in [-0.2, 0) is 13.0 Å². The monoisotopic (exact) mass is 462 g/mol. The number of carbonyl (C=O) groups excluding carboxylic acids is 1. The molecule has 3 heterocycles. The molecular weight excluding hydrogens is 439 g/mol. The van der Waals surface area contributed by atoms with Gasteiger partial charge in [-0.3, -0.25) is 9.78 Å². The van der Waals surface area contributed by atoms with Gasteiger partial charge < -0.3 is 20.5 Å². The van der Waals surface area contributed by atoms with E-state index in [4.69, 9.17) is 4.74 Å². The van der Waals surface area contributed by atoms with E-state index in [1.807, 2.05) is 6.07 Å². The van der Waals surface area contributed by atoms with E-state index in [-0.39, 0.29) is 12.2 Å². The van der Waals surface area contributed by atoms with Gasteiger partial charge in [0.05, 0.1) is 36.7 Å². The Morgan fingerprint density at radius 3 is 2.74 bits per heavy atom. The van der Waals surface area contributed by atoms with Crippen LogP contribution in [0.5, 0.6) is 5.88 Å². The molecule has 3 aromatic heterocycles. The van der Waals surface area contributed by atoms with Gasteiger partial charge in [0.1, 0.15) is 12.1 Å². The average molecular weight is 462 g/mol. The highest BCUT2D eigenvalue weighted by molar-refractivity contribution is 6.06. The number of amides is 1. The Hall–Kier alpha value is -4.18. The van der Waals surface area contributed by atoms with Crippen LogP contribution >= 0.6 is 0 Å². The van der Waals surface area contributed by atoms with E-state index in [1.54, 1.807) is 30.5 Å². The number of halogens is 1. The molecular formula is C24H23FN6O3. The fourth-order valence-corrected chi connectivity index (χ4v) is 3.69. The van der Waals surface area contributed by atoms with Crippen molar-refractivity contribution in [2.24, 2.45) is 0 Å². The van der Waals surface area contributed by atoms with Crippen LogP contribution in [0.15, 0.2) is 49.1 Å². The minimum atomic E-state index is -0.659. The molecule has 0 aliphatic heterocycles. The van der Waals surface area contributed by atoms with E-state index < -0.39 is 11.7 Å². The molecule has 0 fully saturated rings. The Balaban J connectivity index is 1.52. The Labute approximate surface area is 195 Å². The van der Waals surface area contributed by atoms with Gasteiger partial charge in [-0.2, -0.15) is 0 Å². The summed E-state index contributed by atoms with van der Waals surface area (Å²) in [6, 6.07) is 8.91. The maximum atomic E-state index is 14.3. The van der Waals surface area contributed by atoms with Crippen molar-refractivity contribution in [1.82, 2.24) is 25.3 Å². The number of rotatable bonds is 8. The molecule has 9 nitrogen and oxygen atoms in total. The summed E-state index contributed by atoms with van der Waals surface area (Å²) in [6.07, 6.45) is 4.71. The number of aromatic nitrogens is 4. The average Bonchev–Trinajstić information content (AvgIpc) is 2.88. The largest absolute Gasteiger partial charge is 0.481 e. The third-order valence-electron chi connectivity index (χ3n) is 5.34. The predicted molar refractivity (Wildman–Crippen MR) is 125 cm³/mol. The zero-order valence-electron chi connectivity index (χ0n) is 18.7. The van der Waals surface area contributed by atoms with Crippen molar-refractivity contribution in [3.63, 3.8) is 0 Å². The molecule has 1 amide bonds. The van der Waals surface area contributed by atoms with Crippen molar-refractivity contribution in [2.45, 2.75) is 13.0 Å². The lowest BCUT2D eigenvalue weighted by Gasteiger charge is -2.11. The van der Waals surface area contributed by atoms with Crippen molar-refractivity contribution >= 4 is 22.6 Å². The highest BCUT2D eigenvalue weighted by atomic mass is 19.1. The number of fused-ring (bicyclic) bond motifs is 1. The number of pyridine rings is 2. The van der Waals surface area contributed by atoms with Crippen LogP contribution in [0.1, 0.15) is 21.5 Å². The van der Waals surface area contributed by atoms with E-state index in [2.05, 4.69) is 30.6 Å². The van der Waals surface area contributed by atoms with Gasteiger partial charge >= 0.3 is 0 Å². The predicted octanol–water partition coefficient (Wildman–Crippen LogP) is 2.74. The summed E-state index contributed by atoms with van der Waals surface area (Å²) in [7, 11) is 2.96. The van der Waals surface area contributed by atoms with Crippen LogP contribution in [-0.4, -0.2) is 51.7 Å². The van der Waals surface area contributed by atoms with Crippen molar-refractivity contribution in [2.75, 3.05) is 26.0 Å². The number of hydrogen-bond acceptors (Lipinski definition) is 8. The first kappa shape index (κ1) is 23.0. The Morgan fingerprint density at radius 2 is 1.97 bits per heavy atom. The highest BCUT2D eigenvalue weighted by Crippen LogP contribution is 2.25. The van der Waals surface area contributed by atoms with Crippen LogP contribution in [0.3, 0.4) is 0 Å². The Kier molecular flexibility index (Phi) is 6.88. The third kappa shape index (κ3) is 4.62. The van der Waals surface area contributed by atoms with Gasteiger partial charge in [-0.05, 0) is 18.1 Å². The normalized spacial score (nSPS) is 10.8. The molecule has 4 rings (SSSR count). The number of hydrogen-bond donors (Lipinski definition) is 3. The van der Waals surface area contributed by atoms with Gasteiger partial charge in [0, 0.05) is 42.4 Å². The Morgan fingerprint density at radius 1 is 1.12 bits per heavy atom. The lowest BCUT2D eigenvalue weighted by atomic mass is 10.0. The van der Waals surface area contributed by atoms with E-state index in [0.29, 0.717) is 46.8 Å². The molecule has 4 aromatic rings. The molecule has 10 heteroatoms. The Bertz CT molecular complexity index is 1350. The molecule has 174 valence electrons. The lowest BCUT2D eigenvalue weighted by Crippen LogP contribution is -2.20. The number of aliphatic hydroxyl groups excluding tert-OH is 1. The fourth-order valence-electron chi connectivity index (χ4n) is 3.69. The molecule has 0 atom stereocenters. The summed E-state index contributed by atoms with van der Waals surface area (Å²) in [6.45, 7) is 0.317. The van der Waals surface area contributed by atoms with Crippen molar-refractivity contribution in [3.8, 4) is 17.1 Å². The van der Waals surface area contributed by atoms with Crippen LogP contribution in [0.25, 0.3) is 22.2 Å². The first-order valence-electron chi connectivity index (χ1n) is 10.5. The molecule has 0 aliphatic rings. The van der Waals surface area contributed by atoms with E-state index in [9.17, 15) is 14.3 Å². The summed E-state index contributed by atoms with van der Waals surface area (Å²) < 4.78 is 19.4. The first-order valence-corrected chi connectivity index (χ1v) is 10.5. The number of carbonyl (C=O) groups is 1. The summed E-state index contributed by atoms with van der Waals surface area (Å²) in [5.74, 6) is -0.183. The number of nitrogens with one attached hydrogen (secondary N) is 2. The fraction of sp³-hybridized carbons (Fsp3) is 0.208. The SMILES string of the molecule is CNC(=O)c1c(F)cnc2c(CCNc3cc(-c4cnc(OC)c(CO)c4)ncn3)cccc12. The quantitative estimate of drug-likeness (QED) is 0.365. The van der Waals surface area contributed by atoms with Gasteiger partial charge in [-0.15, -0.1) is 0 Å². The number of aliphatic hydroxyl groups is 1. The maximum absolute atomic E-state index is 14.3. The number of benzene rings is 1. The number of nitrogens with zero attached hydrogens (tertiary/aromatic N) is 4. The van der Waals surface area contributed by atoms with Gasteiger partial charge in [-0.25, -0.2) is 19.3 Å². The molecule has 1 aromatic carbocycles. The van der Waals surface area contributed by atoms with Crippen molar-refractivity contribution in [3.05, 3.63) is 71.6 Å². The summed E-state index contributed by atoms with van der Waals surface area (Å²) in [5, 5.41) is 15.7. The van der Waals surface area contributed by atoms with Gasteiger partial charge in [0.25, 0.3) is 5.91 Å². The number of anilines is 1. The van der Waals surface area contributed by atoms with Crippen LogP contribution < -0.4 is 15.4 Å². The molecule has 3 N–H and O–H groups in total. The van der Waals surface area contributed by atoms with Crippen molar-refractivity contribution in [1.29, 1.82) is 0 Å². The standard InChI is InChI=1S/C24H23FN6O3/c1-26-23(33)21-17-5-3-4-14(22(17)28-11-18(21)25)6-7-27-20-9-19(30-13-31-20)15-8-16(12-32)24(34-2)29-10-15/h3-5,8-11,13,32H,6-7,12H2,1-2H3,(H,26,33)(H,27,30,31). The number of para-hydroxylation sites is 1. The lowest BCUT2D eigenvalue weighted by molar-refractivity contribution is 0.0960. The zero-order chi connectivity index (χ0) is 24.1. The first-order chi connectivity index (χ1) is 16.5. The molecule has 34 heavy (non-hydrogen) atoms. The van der Waals surface area contributed by atoms with Crippen LogP contribution in [0.2, 0.25) is 0 Å². The molecule has 0 spiro atoms. The van der Waals surface area contributed by atoms with Gasteiger partial charge in [0.2, 0.25) is 5.88 Å². The van der Waals surface area contributed by atoms with Crippen molar-refractivity contribution < 1.29 is 19.0 Å². The molecule has 0 radical (unpaired) electrons. The number of ether oxygens (including phenoxy) is 1. The molecule has 0 saturated heterocycles. The van der Waals surface area contributed by atoms with E-state index >= 15 is 0 Å². The molecule has 0 aliphatic carbocycles. The topological polar surface area (TPSA) is 122 Å². The second kappa shape index (κ2) is 10.2. The van der Waals surface area contributed by atoms with Crippen LogP contribution in [0.4, 0.5) is 10.2 Å². The molecule has 0 unspecified atom stereocenters. The van der Waals surface area contributed by atoms with E-state index in [1.165, 1.54) is 20.5 Å². The second-order valence-electron chi connectivity index (χ2n) is 7.39. The summed E-state index contributed by atoms with van der Waals surface area (Å²) >= 11 is 0. The smallest absolute Gasteiger partial charge is 0.254 e. The zero-order valence-corrected chi connectivity index (χ0v) is 18.7. The van der Waals surface area contributed by atoms with Crippen LogP contribution in [0, 0.1) is 5.82 Å². The van der Waals surface area contributed by atoms with Gasteiger partial charge in [-0.1, -0.05) is 18.2 Å². The minimum Gasteiger partial charge on any atom is -0.481 e. The second-order valence-corrected chi connectivity index (χ2v) is 7.39. The molecule has 0 saturated carbocycles. The third-order valence-corrected chi connectivity index (χ3v) is 5.34. The minimum absolute atomic E-state index is 0.0156. The summed E-state index contributed by atoms with van der Waals surface area (Å²) in [4.78, 5) is 29.1. The van der Waals surface area contributed by atoms with E-state index in [0.717, 1.165) is 17.3 Å². The number of methoxy groups -OCH3 is 1. The highest BCUT2D eigenvalue weighted by Gasteiger charge is 2.17. The van der Waals surface area contributed by atoms with Gasteiger partial charge in [0.15, 0.2) is 5.82 Å².